The van der Waals surface area contributed by atoms with E-state index in [0.717, 1.165) is 0 Å². The zero-order chi connectivity index (χ0) is 13.5. The van der Waals surface area contributed by atoms with Crippen LogP contribution in [0.15, 0.2) is 12.7 Å². The first-order chi connectivity index (χ1) is 7.74. The molecule has 0 saturated heterocycles. The predicted molar refractivity (Wildman–Crippen MR) is 64.8 cm³/mol. The van der Waals surface area contributed by atoms with E-state index >= 15 is 0 Å². The van der Waals surface area contributed by atoms with Gasteiger partial charge in [-0.25, -0.2) is 4.79 Å². The van der Waals surface area contributed by atoms with Gasteiger partial charge in [-0.3, -0.25) is 4.79 Å². The predicted octanol–water partition coefficient (Wildman–Crippen LogP) is 2.18. The number of aliphatic carboxylic acids is 1. The summed E-state index contributed by atoms with van der Waals surface area (Å²) in [6, 6.07) is 0. The van der Waals surface area contributed by atoms with Crippen LogP contribution in [0.4, 0.5) is 4.79 Å². The van der Waals surface area contributed by atoms with Crippen molar-refractivity contribution in [3.05, 3.63) is 12.7 Å². The van der Waals surface area contributed by atoms with E-state index in [1.165, 1.54) is 0 Å². The number of amides is 1. The smallest absolute Gasteiger partial charge is 0.407 e. The van der Waals surface area contributed by atoms with Crippen LogP contribution in [-0.4, -0.2) is 29.3 Å². The van der Waals surface area contributed by atoms with E-state index in [1.54, 1.807) is 26.8 Å². The summed E-state index contributed by atoms with van der Waals surface area (Å²) in [7, 11) is 0. The number of carboxylic acid groups (broad SMARTS) is 1. The Morgan fingerprint density at radius 3 is 2.47 bits per heavy atom. The van der Waals surface area contributed by atoms with Crippen LogP contribution in [0.3, 0.4) is 0 Å². The van der Waals surface area contributed by atoms with Gasteiger partial charge in [0, 0.05) is 6.54 Å². The highest BCUT2D eigenvalue weighted by molar-refractivity contribution is 5.68. The summed E-state index contributed by atoms with van der Waals surface area (Å²) < 4.78 is 5.05. The van der Waals surface area contributed by atoms with Crippen LogP contribution in [0.25, 0.3) is 0 Å². The summed E-state index contributed by atoms with van der Waals surface area (Å²) >= 11 is 0. The molecular weight excluding hydrogens is 222 g/mol. The Bertz CT molecular complexity index is 281. The standard InChI is InChI=1S/C12H21NO4/c1-5-6-9(7-10(14)15)8-13-11(16)17-12(2,3)4/h5,9H,1,6-8H2,2-4H3,(H,13,16)(H,14,15). The lowest BCUT2D eigenvalue weighted by atomic mass is 10.0. The van der Waals surface area contributed by atoms with E-state index in [4.69, 9.17) is 9.84 Å². The summed E-state index contributed by atoms with van der Waals surface area (Å²) in [5.41, 5.74) is -0.551. The molecule has 1 amide bonds. The second-order valence-electron chi connectivity index (χ2n) is 4.87. The molecule has 1 atom stereocenters. The first-order valence-corrected chi connectivity index (χ1v) is 5.54. The zero-order valence-corrected chi connectivity index (χ0v) is 10.7. The summed E-state index contributed by atoms with van der Waals surface area (Å²) in [4.78, 5) is 21.9. The van der Waals surface area contributed by atoms with Gasteiger partial charge in [0.05, 0.1) is 6.42 Å². The molecule has 5 heteroatoms. The number of allylic oxidation sites excluding steroid dienone is 1. The first kappa shape index (κ1) is 15.5. The molecule has 0 aliphatic heterocycles. The Labute approximate surface area is 102 Å². The lowest BCUT2D eigenvalue weighted by molar-refractivity contribution is -0.138. The number of hydrogen-bond donors (Lipinski definition) is 2. The van der Waals surface area contributed by atoms with Crippen molar-refractivity contribution >= 4 is 12.1 Å². The van der Waals surface area contributed by atoms with Gasteiger partial charge in [0.25, 0.3) is 0 Å². The average molecular weight is 243 g/mol. The van der Waals surface area contributed by atoms with Crippen molar-refractivity contribution in [1.29, 1.82) is 0 Å². The van der Waals surface area contributed by atoms with E-state index < -0.39 is 17.7 Å². The highest BCUT2D eigenvalue weighted by Gasteiger charge is 2.18. The van der Waals surface area contributed by atoms with Crippen molar-refractivity contribution in [1.82, 2.24) is 5.32 Å². The molecule has 0 bridgehead atoms. The Morgan fingerprint density at radius 1 is 1.47 bits per heavy atom. The van der Waals surface area contributed by atoms with Crippen molar-refractivity contribution in [3.8, 4) is 0 Å². The lowest BCUT2D eigenvalue weighted by Gasteiger charge is -2.21. The summed E-state index contributed by atoms with van der Waals surface area (Å²) in [5.74, 6) is -1.04. The second kappa shape index (κ2) is 6.93. The quantitative estimate of drug-likeness (QED) is 0.701. The first-order valence-electron chi connectivity index (χ1n) is 5.54. The molecule has 5 nitrogen and oxygen atoms in total. The fourth-order valence-corrected chi connectivity index (χ4v) is 1.26. The molecule has 0 heterocycles. The maximum atomic E-state index is 11.3. The average Bonchev–Trinajstić information content (AvgIpc) is 2.11. The van der Waals surface area contributed by atoms with Crippen molar-refractivity contribution in [2.45, 2.75) is 39.2 Å². The summed E-state index contributed by atoms with van der Waals surface area (Å²) in [5, 5.41) is 11.2. The van der Waals surface area contributed by atoms with Crippen LogP contribution in [0.2, 0.25) is 0 Å². The van der Waals surface area contributed by atoms with Gasteiger partial charge >= 0.3 is 12.1 Å². The molecule has 0 rings (SSSR count). The fourth-order valence-electron chi connectivity index (χ4n) is 1.26. The Balaban J connectivity index is 4.07. The van der Waals surface area contributed by atoms with Gasteiger partial charge < -0.3 is 15.2 Å². The molecule has 98 valence electrons. The number of carbonyl (C=O) groups is 2. The molecule has 17 heavy (non-hydrogen) atoms. The molecule has 0 fully saturated rings. The van der Waals surface area contributed by atoms with Gasteiger partial charge in [-0.1, -0.05) is 6.08 Å². The Morgan fingerprint density at radius 2 is 2.06 bits per heavy atom. The summed E-state index contributed by atoms with van der Waals surface area (Å²) in [6.07, 6.45) is 1.66. The molecule has 0 aromatic carbocycles. The highest BCUT2D eigenvalue weighted by atomic mass is 16.6. The number of carboxylic acids is 1. The Kier molecular flexibility index (Phi) is 6.31. The third kappa shape index (κ3) is 9.41. The molecule has 0 aliphatic rings. The third-order valence-electron chi connectivity index (χ3n) is 1.90. The van der Waals surface area contributed by atoms with Crippen molar-refractivity contribution in [2.24, 2.45) is 5.92 Å². The third-order valence-corrected chi connectivity index (χ3v) is 1.90. The van der Waals surface area contributed by atoms with Crippen LogP contribution in [0.1, 0.15) is 33.6 Å². The number of nitrogens with one attached hydrogen (secondary N) is 1. The minimum absolute atomic E-state index is 0.00180. The van der Waals surface area contributed by atoms with Crippen molar-refractivity contribution in [2.75, 3.05) is 6.54 Å². The van der Waals surface area contributed by atoms with E-state index in [9.17, 15) is 9.59 Å². The molecule has 0 saturated carbocycles. The Hall–Kier alpha value is -1.52. The molecule has 1 unspecified atom stereocenters. The maximum Gasteiger partial charge on any atom is 0.407 e. The topological polar surface area (TPSA) is 75.6 Å². The largest absolute Gasteiger partial charge is 0.481 e. The molecular formula is C12H21NO4. The minimum Gasteiger partial charge on any atom is -0.481 e. The van der Waals surface area contributed by atoms with E-state index in [1.807, 2.05) is 0 Å². The number of hydrogen-bond acceptors (Lipinski definition) is 3. The van der Waals surface area contributed by atoms with Crippen molar-refractivity contribution < 1.29 is 19.4 Å². The fraction of sp³-hybridized carbons (Fsp3) is 0.667. The van der Waals surface area contributed by atoms with Crippen LogP contribution in [-0.2, 0) is 9.53 Å². The molecule has 0 aromatic rings. The summed E-state index contributed by atoms with van der Waals surface area (Å²) in [6.45, 7) is 9.14. The van der Waals surface area contributed by atoms with E-state index in [2.05, 4.69) is 11.9 Å². The maximum absolute atomic E-state index is 11.3. The molecule has 0 spiro atoms. The number of rotatable bonds is 6. The number of ether oxygens (including phenoxy) is 1. The van der Waals surface area contributed by atoms with Crippen LogP contribution >= 0.6 is 0 Å². The van der Waals surface area contributed by atoms with Crippen molar-refractivity contribution in [3.63, 3.8) is 0 Å². The number of alkyl carbamates (subject to hydrolysis) is 1. The van der Waals surface area contributed by atoms with Gasteiger partial charge in [0.1, 0.15) is 5.60 Å². The normalized spacial score (nSPS) is 12.6. The van der Waals surface area contributed by atoms with Gasteiger partial charge in [0.15, 0.2) is 0 Å². The van der Waals surface area contributed by atoms with Crippen LogP contribution in [0.5, 0.6) is 0 Å². The molecule has 0 radical (unpaired) electrons. The van der Waals surface area contributed by atoms with Crippen LogP contribution in [0, 0.1) is 5.92 Å². The minimum atomic E-state index is -0.886. The van der Waals surface area contributed by atoms with E-state index in [0.29, 0.717) is 6.42 Å². The molecule has 0 aromatic heterocycles. The van der Waals surface area contributed by atoms with Gasteiger partial charge in [-0.15, -0.1) is 6.58 Å². The van der Waals surface area contributed by atoms with Crippen LogP contribution < -0.4 is 5.32 Å². The SMILES string of the molecule is C=CCC(CNC(=O)OC(C)(C)C)CC(=O)O. The highest BCUT2D eigenvalue weighted by Crippen LogP contribution is 2.10. The van der Waals surface area contributed by atoms with E-state index in [-0.39, 0.29) is 18.9 Å². The monoisotopic (exact) mass is 243 g/mol. The van der Waals surface area contributed by atoms with Gasteiger partial charge in [0.2, 0.25) is 0 Å². The zero-order valence-electron chi connectivity index (χ0n) is 10.7. The second-order valence-corrected chi connectivity index (χ2v) is 4.87. The van der Waals surface area contributed by atoms with Gasteiger partial charge in [-0.05, 0) is 33.1 Å². The molecule has 0 aliphatic carbocycles. The number of carbonyl (C=O) groups excluding carboxylic acids is 1. The lowest BCUT2D eigenvalue weighted by Crippen LogP contribution is -2.35. The molecule has 2 N–H and O–H groups in total. The van der Waals surface area contributed by atoms with Gasteiger partial charge in [-0.2, -0.15) is 0 Å².